The van der Waals surface area contributed by atoms with Gasteiger partial charge in [-0.3, -0.25) is 9.52 Å². The van der Waals surface area contributed by atoms with Gasteiger partial charge in [-0.15, -0.1) is 0 Å². The number of rotatable bonds is 7. The molecule has 0 aliphatic carbocycles. The number of nitrogens with one attached hydrogen (secondary N) is 2. The van der Waals surface area contributed by atoms with Crippen molar-refractivity contribution in [3.8, 4) is 11.5 Å². The Balaban J connectivity index is 2.36. The van der Waals surface area contributed by atoms with Gasteiger partial charge in [0.25, 0.3) is 15.9 Å². The van der Waals surface area contributed by atoms with E-state index in [2.05, 4.69) is 10.0 Å². The van der Waals surface area contributed by atoms with Crippen LogP contribution < -0.4 is 19.5 Å². The summed E-state index contributed by atoms with van der Waals surface area (Å²) in [7, 11) is -1.01. The monoisotopic (exact) mass is 364 g/mol. The molecule has 1 amide bonds. The maximum absolute atomic E-state index is 12.6. The van der Waals surface area contributed by atoms with Crippen molar-refractivity contribution in [2.24, 2.45) is 0 Å². The summed E-state index contributed by atoms with van der Waals surface area (Å²) < 4.78 is 38.2. The molecule has 0 spiro atoms. The molecule has 8 heteroatoms. The van der Waals surface area contributed by atoms with E-state index in [0.717, 1.165) is 0 Å². The van der Waals surface area contributed by atoms with Crippen LogP contribution in [0.25, 0.3) is 0 Å². The predicted octanol–water partition coefficient (Wildman–Crippen LogP) is 2.25. The highest BCUT2D eigenvalue weighted by Gasteiger charge is 2.19. The van der Waals surface area contributed by atoms with Crippen LogP contribution in [0.3, 0.4) is 0 Å². The smallest absolute Gasteiger partial charge is 0.261 e. The van der Waals surface area contributed by atoms with Gasteiger partial charge in [0.05, 0.1) is 29.9 Å². The Morgan fingerprint density at radius 3 is 2.56 bits per heavy atom. The zero-order valence-corrected chi connectivity index (χ0v) is 15.0. The molecule has 0 saturated heterocycles. The first-order chi connectivity index (χ1) is 11.9. The summed E-state index contributed by atoms with van der Waals surface area (Å²) >= 11 is 0. The number of ether oxygens (including phenoxy) is 2. The maximum atomic E-state index is 12.6. The third kappa shape index (κ3) is 4.42. The number of amides is 1. The first-order valence-electron chi connectivity index (χ1n) is 7.57. The van der Waals surface area contributed by atoms with Crippen LogP contribution in [0.1, 0.15) is 17.3 Å². The van der Waals surface area contributed by atoms with Crippen LogP contribution in [-0.4, -0.2) is 35.1 Å². The van der Waals surface area contributed by atoms with Gasteiger partial charge in [-0.1, -0.05) is 6.07 Å². The van der Waals surface area contributed by atoms with Gasteiger partial charge in [-0.05, 0) is 37.3 Å². The van der Waals surface area contributed by atoms with E-state index < -0.39 is 15.9 Å². The van der Waals surface area contributed by atoms with Crippen molar-refractivity contribution in [2.45, 2.75) is 11.8 Å². The fourth-order valence-electron chi connectivity index (χ4n) is 2.20. The van der Waals surface area contributed by atoms with Crippen LogP contribution in [-0.2, 0) is 10.0 Å². The number of hydrogen-bond donors (Lipinski definition) is 2. The molecular formula is C17H20N2O5S. The van der Waals surface area contributed by atoms with Gasteiger partial charge in [0.1, 0.15) is 11.5 Å². The van der Waals surface area contributed by atoms with Crippen LogP contribution in [0.2, 0.25) is 0 Å². The number of benzene rings is 2. The number of methoxy groups -OCH3 is 1. The van der Waals surface area contributed by atoms with Crippen molar-refractivity contribution in [2.75, 3.05) is 25.5 Å². The first-order valence-corrected chi connectivity index (χ1v) is 9.05. The Kier molecular flexibility index (Phi) is 5.87. The average Bonchev–Trinajstić information content (AvgIpc) is 2.60. The van der Waals surface area contributed by atoms with Gasteiger partial charge in [-0.25, -0.2) is 8.42 Å². The summed E-state index contributed by atoms with van der Waals surface area (Å²) in [4.78, 5) is 11.9. The van der Waals surface area contributed by atoms with Gasteiger partial charge in [0.15, 0.2) is 0 Å². The van der Waals surface area contributed by atoms with Gasteiger partial charge in [0.2, 0.25) is 0 Å². The summed E-state index contributed by atoms with van der Waals surface area (Å²) in [5.74, 6) is 0.410. The van der Waals surface area contributed by atoms with Crippen molar-refractivity contribution < 1.29 is 22.7 Å². The molecule has 0 aromatic heterocycles. The van der Waals surface area contributed by atoms with Crippen molar-refractivity contribution >= 4 is 21.6 Å². The molecule has 0 aliphatic rings. The molecule has 0 aliphatic heterocycles. The fourth-order valence-corrected chi connectivity index (χ4v) is 3.27. The summed E-state index contributed by atoms with van der Waals surface area (Å²) in [5, 5.41) is 2.46. The molecule has 0 unspecified atom stereocenters. The Morgan fingerprint density at radius 1 is 1.16 bits per heavy atom. The Bertz CT molecular complexity index is 865. The Morgan fingerprint density at radius 2 is 1.92 bits per heavy atom. The normalized spacial score (nSPS) is 10.8. The molecule has 0 saturated carbocycles. The maximum Gasteiger partial charge on any atom is 0.261 e. The second-order valence-electron chi connectivity index (χ2n) is 5.01. The molecule has 0 fully saturated rings. The van der Waals surface area contributed by atoms with Crippen LogP contribution >= 0.6 is 0 Å². The topological polar surface area (TPSA) is 93.7 Å². The highest BCUT2D eigenvalue weighted by atomic mass is 32.2. The lowest BCUT2D eigenvalue weighted by molar-refractivity contribution is 0.0960. The summed E-state index contributed by atoms with van der Waals surface area (Å²) in [6, 6.07) is 10.7. The minimum Gasteiger partial charge on any atom is -0.496 e. The Labute approximate surface area is 147 Å². The van der Waals surface area contributed by atoms with E-state index in [1.807, 2.05) is 6.92 Å². The first kappa shape index (κ1) is 18.6. The molecule has 0 heterocycles. The molecule has 134 valence electrons. The summed E-state index contributed by atoms with van der Waals surface area (Å²) in [5.41, 5.74) is 0.499. The van der Waals surface area contributed by atoms with Crippen molar-refractivity contribution in [3.05, 3.63) is 48.0 Å². The predicted molar refractivity (Wildman–Crippen MR) is 94.8 cm³/mol. The van der Waals surface area contributed by atoms with E-state index >= 15 is 0 Å². The SMILES string of the molecule is CCOc1cccc(NS(=O)(=O)c2ccc(OC)c(C(=O)NC)c2)c1. The lowest BCUT2D eigenvalue weighted by atomic mass is 10.2. The average molecular weight is 364 g/mol. The second kappa shape index (κ2) is 7.89. The van der Waals surface area contributed by atoms with E-state index in [9.17, 15) is 13.2 Å². The van der Waals surface area contributed by atoms with Crippen LogP contribution in [0.15, 0.2) is 47.4 Å². The third-order valence-electron chi connectivity index (χ3n) is 3.35. The molecular weight excluding hydrogens is 344 g/mol. The highest BCUT2D eigenvalue weighted by molar-refractivity contribution is 7.92. The Hall–Kier alpha value is -2.74. The van der Waals surface area contributed by atoms with Crippen molar-refractivity contribution in [1.82, 2.24) is 5.32 Å². The molecule has 0 radical (unpaired) electrons. The number of sulfonamides is 1. The lowest BCUT2D eigenvalue weighted by Crippen LogP contribution is -2.20. The molecule has 2 aromatic rings. The number of anilines is 1. The highest BCUT2D eigenvalue weighted by Crippen LogP contribution is 2.25. The van der Waals surface area contributed by atoms with E-state index in [1.54, 1.807) is 24.3 Å². The standard InChI is InChI=1S/C17H20N2O5S/c1-4-24-13-7-5-6-12(10-13)19-25(21,22)14-8-9-16(23-3)15(11-14)17(20)18-2/h5-11,19H,4H2,1-3H3,(H,18,20). The number of hydrogen-bond acceptors (Lipinski definition) is 5. The van der Waals surface area contributed by atoms with Crippen molar-refractivity contribution in [3.63, 3.8) is 0 Å². The summed E-state index contributed by atoms with van der Waals surface area (Å²) in [6.45, 7) is 2.32. The van der Waals surface area contributed by atoms with Gasteiger partial charge in [-0.2, -0.15) is 0 Å². The molecule has 0 atom stereocenters. The zero-order chi connectivity index (χ0) is 18.4. The van der Waals surface area contributed by atoms with Gasteiger partial charge in [0, 0.05) is 13.1 Å². The second-order valence-corrected chi connectivity index (χ2v) is 6.69. The molecule has 2 aromatic carbocycles. The summed E-state index contributed by atoms with van der Waals surface area (Å²) in [6.07, 6.45) is 0. The van der Waals surface area contributed by atoms with Crippen LogP contribution in [0.4, 0.5) is 5.69 Å². The van der Waals surface area contributed by atoms with E-state index in [0.29, 0.717) is 18.0 Å². The quantitative estimate of drug-likeness (QED) is 0.786. The van der Waals surface area contributed by atoms with Crippen LogP contribution in [0, 0.1) is 0 Å². The molecule has 0 bridgehead atoms. The number of carbonyl (C=O) groups excluding carboxylic acids is 1. The number of carbonyl (C=O) groups is 1. The molecule has 2 N–H and O–H groups in total. The fraction of sp³-hybridized carbons (Fsp3) is 0.235. The van der Waals surface area contributed by atoms with Crippen LogP contribution in [0.5, 0.6) is 11.5 Å². The third-order valence-corrected chi connectivity index (χ3v) is 4.73. The zero-order valence-electron chi connectivity index (χ0n) is 14.2. The lowest BCUT2D eigenvalue weighted by Gasteiger charge is -2.12. The van der Waals surface area contributed by atoms with E-state index in [4.69, 9.17) is 9.47 Å². The minimum atomic E-state index is -3.88. The molecule has 7 nitrogen and oxygen atoms in total. The molecule has 25 heavy (non-hydrogen) atoms. The van der Waals surface area contributed by atoms with Crippen molar-refractivity contribution in [1.29, 1.82) is 0 Å². The van der Waals surface area contributed by atoms with Gasteiger partial charge < -0.3 is 14.8 Å². The van der Waals surface area contributed by atoms with E-state index in [1.165, 1.54) is 32.4 Å². The minimum absolute atomic E-state index is 0.0475. The molecule has 2 rings (SSSR count). The van der Waals surface area contributed by atoms with E-state index in [-0.39, 0.29) is 16.2 Å². The largest absolute Gasteiger partial charge is 0.496 e. The van der Waals surface area contributed by atoms with Gasteiger partial charge >= 0.3 is 0 Å².